The summed E-state index contributed by atoms with van der Waals surface area (Å²) in [6.45, 7) is 4.95. The number of fused-ring (bicyclic) bond motifs is 2. The van der Waals surface area contributed by atoms with Crippen LogP contribution in [-0.2, 0) is 0 Å². The number of nitrogens with zero attached hydrogens (tertiary/aromatic N) is 2. The molecular formula is C19H18N2O4. The molecule has 0 unspecified atom stereocenters. The molecule has 0 bridgehead atoms. The van der Waals surface area contributed by atoms with Gasteiger partial charge in [-0.15, -0.1) is 0 Å². The molecule has 0 radical (unpaired) electrons. The predicted octanol–water partition coefficient (Wildman–Crippen LogP) is 4.43. The molecular weight excluding hydrogens is 320 g/mol. The molecule has 6 heteroatoms. The fourth-order valence-corrected chi connectivity index (χ4v) is 2.71. The van der Waals surface area contributed by atoms with E-state index in [2.05, 4.69) is 10.3 Å². The lowest BCUT2D eigenvalue weighted by molar-refractivity contribution is 0.247. The van der Waals surface area contributed by atoms with Crippen LogP contribution in [0.4, 0.5) is 0 Å². The lowest BCUT2D eigenvalue weighted by atomic mass is 10.2. The van der Waals surface area contributed by atoms with Crippen molar-refractivity contribution in [3.05, 3.63) is 47.8 Å². The molecule has 0 atom stereocenters. The zero-order valence-electron chi connectivity index (χ0n) is 14.1. The first-order valence-electron chi connectivity index (χ1n) is 8.18. The van der Waals surface area contributed by atoms with Crippen molar-refractivity contribution in [3.8, 4) is 11.5 Å². The van der Waals surface area contributed by atoms with Crippen molar-refractivity contribution < 1.29 is 18.5 Å². The van der Waals surface area contributed by atoms with Crippen LogP contribution in [0, 0.1) is 13.8 Å². The van der Waals surface area contributed by atoms with Gasteiger partial charge in [0.1, 0.15) is 11.5 Å². The van der Waals surface area contributed by atoms with Crippen molar-refractivity contribution in [1.29, 1.82) is 0 Å². The molecule has 0 N–H and O–H groups in total. The summed E-state index contributed by atoms with van der Waals surface area (Å²) in [7, 11) is 0. The standard InChI is InChI=1S/C19H18N2O4/c1-12-16-6-4-14(10-18(16)24-20-12)22-8-3-9-23-15-5-7-17-13(2)21-25-19(17)11-15/h4-7,10-11H,3,8-9H2,1-2H3. The van der Waals surface area contributed by atoms with E-state index in [1.807, 2.05) is 50.2 Å². The summed E-state index contributed by atoms with van der Waals surface area (Å²) >= 11 is 0. The number of benzene rings is 2. The largest absolute Gasteiger partial charge is 0.493 e. The normalized spacial score (nSPS) is 11.3. The van der Waals surface area contributed by atoms with Crippen LogP contribution in [0.15, 0.2) is 45.4 Å². The first kappa shape index (κ1) is 15.5. The van der Waals surface area contributed by atoms with Crippen molar-refractivity contribution in [1.82, 2.24) is 10.3 Å². The van der Waals surface area contributed by atoms with Gasteiger partial charge >= 0.3 is 0 Å². The fraction of sp³-hybridized carbons (Fsp3) is 0.263. The lowest BCUT2D eigenvalue weighted by Gasteiger charge is -2.08. The molecule has 0 aliphatic rings. The Morgan fingerprint density at radius 1 is 0.760 bits per heavy atom. The van der Waals surface area contributed by atoms with Gasteiger partial charge in [-0.25, -0.2) is 0 Å². The van der Waals surface area contributed by atoms with E-state index < -0.39 is 0 Å². The van der Waals surface area contributed by atoms with E-state index >= 15 is 0 Å². The van der Waals surface area contributed by atoms with E-state index in [4.69, 9.17) is 18.5 Å². The first-order valence-corrected chi connectivity index (χ1v) is 8.18. The zero-order valence-corrected chi connectivity index (χ0v) is 14.1. The molecule has 2 aromatic carbocycles. The van der Waals surface area contributed by atoms with Crippen molar-refractivity contribution in [2.75, 3.05) is 13.2 Å². The lowest BCUT2D eigenvalue weighted by Crippen LogP contribution is -2.04. The predicted molar refractivity (Wildman–Crippen MR) is 93.1 cm³/mol. The number of aromatic nitrogens is 2. The summed E-state index contributed by atoms with van der Waals surface area (Å²) in [6.07, 6.45) is 0.765. The molecule has 25 heavy (non-hydrogen) atoms. The van der Waals surface area contributed by atoms with Gasteiger partial charge in [-0.2, -0.15) is 0 Å². The Balaban J connectivity index is 1.28. The van der Waals surface area contributed by atoms with Crippen LogP contribution >= 0.6 is 0 Å². The topological polar surface area (TPSA) is 70.5 Å². The molecule has 0 amide bonds. The fourth-order valence-electron chi connectivity index (χ4n) is 2.71. The number of rotatable bonds is 6. The van der Waals surface area contributed by atoms with Gasteiger partial charge in [-0.3, -0.25) is 0 Å². The third-order valence-corrected chi connectivity index (χ3v) is 4.07. The van der Waals surface area contributed by atoms with Crippen LogP contribution in [-0.4, -0.2) is 23.5 Å². The highest BCUT2D eigenvalue weighted by Gasteiger charge is 2.06. The number of hydrogen-bond donors (Lipinski definition) is 0. The molecule has 0 saturated heterocycles. The first-order chi connectivity index (χ1) is 12.2. The molecule has 4 aromatic rings. The Morgan fingerprint density at radius 2 is 1.24 bits per heavy atom. The Labute approximate surface area is 144 Å². The SMILES string of the molecule is Cc1noc2cc(OCCCOc3ccc4c(C)noc4c3)ccc12. The van der Waals surface area contributed by atoms with Crippen molar-refractivity contribution >= 4 is 21.9 Å². The third-order valence-electron chi connectivity index (χ3n) is 4.07. The van der Waals surface area contributed by atoms with E-state index in [0.717, 1.165) is 51.2 Å². The molecule has 6 nitrogen and oxygen atoms in total. The Morgan fingerprint density at radius 3 is 1.72 bits per heavy atom. The molecule has 128 valence electrons. The smallest absolute Gasteiger partial charge is 0.170 e. The summed E-state index contributed by atoms with van der Waals surface area (Å²) in [5.74, 6) is 1.53. The van der Waals surface area contributed by atoms with E-state index in [0.29, 0.717) is 13.2 Å². The summed E-state index contributed by atoms with van der Waals surface area (Å²) in [5, 5.41) is 9.90. The van der Waals surface area contributed by atoms with E-state index in [-0.39, 0.29) is 0 Å². The highest BCUT2D eigenvalue weighted by molar-refractivity contribution is 5.81. The molecule has 0 saturated carbocycles. The average molecular weight is 338 g/mol. The molecule has 0 aliphatic carbocycles. The minimum Gasteiger partial charge on any atom is -0.493 e. The van der Waals surface area contributed by atoms with Crippen LogP contribution in [0.5, 0.6) is 11.5 Å². The number of aryl methyl sites for hydroxylation is 2. The van der Waals surface area contributed by atoms with Gasteiger partial charge < -0.3 is 18.5 Å². The molecule has 0 spiro atoms. The number of ether oxygens (including phenoxy) is 2. The molecule has 4 rings (SSSR count). The highest BCUT2D eigenvalue weighted by atomic mass is 16.5. The monoisotopic (exact) mass is 338 g/mol. The minimum atomic E-state index is 0.558. The molecule has 2 aromatic heterocycles. The van der Waals surface area contributed by atoms with Gasteiger partial charge in [-0.1, -0.05) is 10.3 Å². The van der Waals surface area contributed by atoms with Gasteiger partial charge in [0.05, 0.1) is 24.6 Å². The van der Waals surface area contributed by atoms with Crippen LogP contribution in [0.3, 0.4) is 0 Å². The van der Waals surface area contributed by atoms with Crippen LogP contribution in [0.1, 0.15) is 17.8 Å². The molecule has 0 aliphatic heterocycles. The number of hydrogen-bond acceptors (Lipinski definition) is 6. The summed E-state index contributed by atoms with van der Waals surface area (Å²) in [5.41, 5.74) is 3.24. The summed E-state index contributed by atoms with van der Waals surface area (Å²) in [6, 6.07) is 11.5. The summed E-state index contributed by atoms with van der Waals surface area (Å²) < 4.78 is 22.0. The van der Waals surface area contributed by atoms with Crippen molar-refractivity contribution in [2.45, 2.75) is 20.3 Å². The zero-order chi connectivity index (χ0) is 17.2. The van der Waals surface area contributed by atoms with Crippen LogP contribution in [0.2, 0.25) is 0 Å². The van der Waals surface area contributed by atoms with E-state index in [1.54, 1.807) is 0 Å². The van der Waals surface area contributed by atoms with Gasteiger partial charge in [0.2, 0.25) is 0 Å². The highest BCUT2D eigenvalue weighted by Crippen LogP contribution is 2.24. The van der Waals surface area contributed by atoms with Crippen LogP contribution < -0.4 is 9.47 Å². The van der Waals surface area contributed by atoms with Gasteiger partial charge in [0.25, 0.3) is 0 Å². The Kier molecular flexibility index (Phi) is 4.01. The minimum absolute atomic E-state index is 0.558. The van der Waals surface area contributed by atoms with Gasteiger partial charge in [0.15, 0.2) is 11.2 Å². The maximum Gasteiger partial charge on any atom is 0.170 e. The second-order valence-corrected chi connectivity index (χ2v) is 5.90. The van der Waals surface area contributed by atoms with E-state index in [9.17, 15) is 0 Å². The van der Waals surface area contributed by atoms with Crippen molar-refractivity contribution in [2.24, 2.45) is 0 Å². The van der Waals surface area contributed by atoms with Gasteiger partial charge in [-0.05, 0) is 38.1 Å². The van der Waals surface area contributed by atoms with Gasteiger partial charge in [0, 0.05) is 29.3 Å². The van der Waals surface area contributed by atoms with E-state index in [1.165, 1.54) is 0 Å². The average Bonchev–Trinajstić information content (AvgIpc) is 3.18. The molecule has 0 fully saturated rings. The molecule has 2 heterocycles. The maximum atomic E-state index is 5.74. The van der Waals surface area contributed by atoms with Crippen molar-refractivity contribution in [3.63, 3.8) is 0 Å². The quantitative estimate of drug-likeness (QED) is 0.484. The third kappa shape index (κ3) is 3.15. The maximum absolute atomic E-state index is 5.74. The Bertz CT molecular complexity index is 937. The summed E-state index contributed by atoms with van der Waals surface area (Å²) in [4.78, 5) is 0. The second kappa shape index (κ2) is 6.47. The van der Waals surface area contributed by atoms with Crippen LogP contribution in [0.25, 0.3) is 21.9 Å². The second-order valence-electron chi connectivity index (χ2n) is 5.90. The Hall–Kier alpha value is -3.02.